The number of halogens is 2. The van der Waals surface area contributed by atoms with Crippen molar-refractivity contribution in [2.24, 2.45) is 4.99 Å². The molecule has 1 aromatic carbocycles. The number of benzene rings is 1. The van der Waals surface area contributed by atoms with Gasteiger partial charge in [0, 0.05) is 38.2 Å². The van der Waals surface area contributed by atoms with Gasteiger partial charge in [-0.2, -0.15) is 8.78 Å². The first-order valence-electron chi connectivity index (χ1n) is 7.69. The fourth-order valence-corrected chi connectivity index (χ4v) is 1.95. The smallest absolute Gasteiger partial charge is 0.387 e. The van der Waals surface area contributed by atoms with Gasteiger partial charge in [0.2, 0.25) is 5.91 Å². The summed E-state index contributed by atoms with van der Waals surface area (Å²) < 4.78 is 29.2. The predicted molar refractivity (Wildman–Crippen MR) is 89.2 cm³/mol. The monoisotopic (exact) mass is 342 g/mol. The minimum atomic E-state index is -2.87. The summed E-state index contributed by atoms with van der Waals surface area (Å²) in [5, 5.41) is 8.78. The maximum absolute atomic E-state index is 12.4. The molecule has 0 fully saturated rings. The SMILES string of the molecule is CN=C(NCCC(=O)NC(C)C)NCc1ccccc1OC(F)F. The van der Waals surface area contributed by atoms with Gasteiger partial charge in [0.1, 0.15) is 5.75 Å². The van der Waals surface area contributed by atoms with E-state index >= 15 is 0 Å². The molecule has 0 saturated heterocycles. The topological polar surface area (TPSA) is 74.8 Å². The Bertz CT molecular complexity index is 551. The maximum atomic E-state index is 12.4. The third kappa shape index (κ3) is 7.75. The van der Waals surface area contributed by atoms with E-state index in [4.69, 9.17) is 0 Å². The fourth-order valence-electron chi connectivity index (χ4n) is 1.95. The average Bonchev–Trinajstić information content (AvgIpc) is 2.50. The van der Waals surface area contributed by atoms with Crippen LogP contribution < -0.4 is 20.7 Å². The van der Waals surface area contributed by atoms with Crippen molar-refractivity contribution in [3.05, 3.63) is 29.8 Å². The van der Waals surface area contributed by atoms with Crippen LogP contribution in [0.4, 0.5) is 8.78 Å². The molecule has 134 valence electrons. The number of ether oxygens (including phenoxy) is 1. The molecule has 0 bridgehead atoms. The van der Waals surface area contributed by atoms with Crippen molar-refractivity contribution in [2.45, 2.75) is 39.5 Å². The summed E-state index contributed by atoms with van der Waals surface area (Å²) in [4.78, 5) is 15.6. The third-order valence-corrected chi connectivity index (χ3v) is 2.95. The number of amides is 1. The minimum Gasteiger partial charge on any atom is -0.434 e. The van der Waals surface area contributed by atoms with E-state index < -0.39 is 6.61 Å². The highest BCUT2D eigenvalue weighted by Crippen LogP contribution is 2.19. The quantitative estimate of drug-likeness (QED) is 0.498. The van der Waals surface area contributed by atoms with E-state index in [1.165, 1.54) is 6.07 Å². The zero-order chi connectivity index (χ0) is 17.9. The average molecular weight is 342 g/mol. The van der Waals surface area contributed by atoms with Crippen molar-refractivity contribution in [3.8, 4) is 5.75 Å². The second-order valence-electron chi connectivity index (χ2n) is 5.31. The van der Waals surface area contributed by atoms with Crippen molar-refractivity contribution in [3.63, 3.8) is 0 Å². The molecule has 1 aromatic rings. The number of hydrogen-bond donors (Lipinski definition) is 3. The molecule has 6 nitrogen and oxygen atoms in total. The van der Waals surface area contributed by atoms with Crippen molar-refractivity contribution in [2.75, 3.05) is 13.6 Å². The van der Waals surface area contributed by atoms with E-state index in [1.807, 2.05) is 13.8 Å². The number of guanidine groups is 1. The van der Waals surface area contributed by atoms with Crippen molar-refractivity contribution >= 4 is 11.9 Å². The highest BCUT2D eigenvalue weighted by molar-refractivity contribution is 5.81. The normalized spacial score (nSPS) is 11.5. The summed E-state index contributed by atoms with van der Waals surface area (Å²) in [7, 11) is 1.59. The molecule has 24 heavy (non-hydrogen) atoms. The van der Waals surface area contributed by atoms with E-state index in [-0.39, 0.29) is 24.2 Å². The first-order chi connectivity index (χ1) is 11.4. The second kappa shape index (κ2) is 10.4. The number of rotatable bonds is 8. The fraction of sp³-hybridized carbons (Fsp3) is 0.500. The van der Waals surface area contributed by atoms with E-state index in [1.54, 1.807) is 25.2 Å². The molecule has 0 saturated carbocycles. The van der Waals surface area contributed by atoms with Gasteiger partial charge in [-0.3, -0.25) is 9.79 Å². The lowest BCUT2D eigenvalue weighted by atomic mass is 10.2. The number of carbonyl (C=O) groups excluding carboxylic acids is 1. The minimum absolute atomic E-state index is 0.0522. The standard InChI is InChI=1S/C16H24F2N4O2/c1-11(2)22-14(23)8-9-20-16(19-3)21-10-12-6-4-5-7-13(12)24-15(17)18/h4-7,11,15H,8-10H2,1-3H3,(H,22,23)(H2,19,20,21). The molecule has 3 N–H and O–H groups in total. The van der Waals surface area contributed by atoms with Crippen molar-refractivity contribution < 1.29 is 18.3 Å². The van der Waals surface area contributed by atoms with Crippen LogP contribution in [0.15, 0.2) is 29.3 Å². The summed E-state index contributed by atoms with van der Waals surface area (Å²) in [5.41, 5.74) is 0.582. The molecule has 0 heterocycles. The molecular formula is C16H24F2N4O2. The molecule has 0 unspecified atom stereocenters. The van der Waals surface area contributed by atoms with E-state index in [0.717, 1.165) is 0 Å². The summed E-state index contributed by atoms with van der Waals surface area (Å²) in [6, 6.07) is 6.63. The highest BCUT2D eigenvalue weighted by atomic mass is 19.3. The van der Waals surface area contributed by atoms with Gasteiger partial charge >= 0.3 is 6.61 Å². The Balaban J connectivity index is 2.46. The Kier molecular flexibility index (Phi) is 8.53. The largest absolute Gasteiger partial charge is 0.434 e. The van der Waals surface area contributed by atoms with Gasteiger partial charge in [0.25, 0.3) is 0 Å². The number of aliphatic imine (C=N–C) groups is 1. The summed E-state index contributed by atoms with van der Waals surface area (Å²) in [6.45, 7) is 1.59. The molecule has 8 heteroatoms. The van der Waals surface area contributed by atoms with Gasteiger partial charge < -0.3 is 20.7 Å². The van der Waals surface area contributed by atoms with Crippen LogP contribution in [-0.4, -0.2) is 38.1 Å². The van der Waals surface area contributed by atoms with Crippen molar-refractivity contribution in [1.29, 1.82) is 0 Å². The Morgan fingerprint density at radius 2 is 1.96 bits per heavy atom. The van der Waals surface area contributed by atoms with Crippen LogP contribution in [0.25, 0.3) is 0 Å². The van der Waals surface area contributed by atoms with Crippen LogP contribution in [0.3, 0.4) is 0 Å². The van der Waals surface area contributed by atoms with Crippen LogP contribution in [0, 0.1) is 0 Å². The maximum Gasteiger partial charge on any atom is 0.387 e. The Labute approximate surface area is 140 Å². The Morgan fingerprint density at radius 3 is 2.58 bits per heavy atom. The van der Waals surface area contributed by atoms with E-state index in [2.05, 4.69) is 25.7 Å². The number of carbonyl (C=O) groups is 1. The summed E-state index contributed by atoms with van der Waals surface area (Å²) >= 11 is 0. The third-order valence-electron chi connectivity index (χ3n) is 2.95. The lowest BCUT2D eigenvalue weighted by Crippen LogP contribution is -2.39. The van der Waals surface area contributed by atoms with Gasteiger partial charge in [-0.1, -0.05) is 18.2 Å². The van der Waals surface area contributed by atoms with Gasteiger partial charge in [-0.25, -0.2) is 0 Å². The number of alkyl halides is 2. The molecular weight excluding hydrogens is 318 g/mol. The second-order valence-corrected chi connectivity index (χ2v) is 5.31. The number of hydrogen-bond acceptors (Lipinski definition) is 3. The zero-order valence-corrected chi connectivity index (χ0v) is 14.1. The molecule has 0 spiro atoms. The predicted octanol–water partition coefficient (Wildman–Crippen LogP) is 1.87. The lowest BCUT2D eigenvalue weighted by molar-refractivity contribution is -0.121. The van der Waals surface area contributed by atoms with E-state index in [9.17, 15) is 13.6 Å². The summed E-state index contributed by atoms with van der Waals surface area (Å²) in [5.74, 6) is 0.537. The van der Waals surface area contributed by atoms with Crippen LogP contribution in [0.1, 0.15) is 25.8 Å². The Hall–Kier alpha value is -2.38. The summed E-state index contributed by atoms with van der Waals surface area (Å²) in [6.07, 6.45) is 0.309. The number of nitrogens with one attached hydrogen (secondary N) is 3. The van der Waals surface area contributed by atoms with Gasteiger partial charge in [0.05, 0.1) is 0 Å². The van der Waals surface area contributed by atoms with Gasteiger partial charge in [-0.05, 0) is 19.9 Å². The molecule has 0 atom stereocenters. The van der Waals surface area contributed by atoms with Crippen molar-refractivity contribution in [1.82, 2.24) is 16.0 Å². The van der Waals surface area contributed by atoms with Crippen LogP contribution in [-0.2, 0) is 11.3 Å². The lowest BCUT2D eigenvalue weighted by Gasteiger charge is -2.14. The molecule has 1 rings (SSSR count). The highest BCUT2D eigenvalue weighted by Gasteiger charge is 2.09. The Morgan fingerprint density at radius 1 is 1.25 bits per heavy atom. The molecule has 0 aliphatic carbocycles. The first-order valence-corrected chi connectivity index (χ1v) is 7.69. The number of nitrogens with zero attached hydrogens (tertiary/aromatic N) is 1. The molecule has 0 aliphatic heterocycles. The zero-order valence-electron chi connectivity index (χ0n) is 14.1. The van der Waals surface area contributed by atoms with Gasteiger partial charge in [0.15, 0.2) is 5.96 Å². The molecule has 0 aromatic heterocycles. The van der Waals surface area contributed by atoms with Crippen LogP contribution in [0.5, 0.6) is 5.75 Å². The van der Waals surface area contributed by atoms with Crippen LogP contribution >= 0.6 is 0 Å². The molecule has 1 amide bonds. The molecule has 0 radical (unpaired) electrons. The molecule has 0 aliphatic rings. The first kappa shape index (κ1) is 19.7. The number of para-hydroxylation sites is 1. The van der Waals surface area contributed by atoms with E-state index in [0.29, 0.717) is 24.5 Å². The van der Waals surface area contributed by atoms with Gasteiger partial charge in [-0.15, -0.1) is 0 Å². The van der Waals surface area contributed by atoms with Crippen LogP contribution in [0.2, 0.25) is 0 Å².